The first kappa shape index (κ1) is 24.7. The largest absolute Gasteiger partial charge is 0.353 e. The van der Waals surface area contributed by atoms with Crippen LogP contribution >= 0.6 is 0 Å². The van der Waals surface area contributed by atoms with Crippen molar-refractivity contribution in [3.05, 3.63) is 71.8 Å². The van der Waals surface area contributed by atoms with E-state index in [9.17, 15) is 9.59 Å². The molecule has 0 unspecified atom stereocenters. The number of amides is 2. The summed E-state index contributed by atoms with van der Waals surface area (Å²) in [5.74, 6) is 2.41. The van der Waals surface area contributed by atoms with Crippen LogP contribution in [0, 0.1) is 34.5 Å². The molecule has 2 amide bonds. The number of benzene rings is 2. The van der Waals surface area contributed by atoms with Crippen molar-refractivity contribution in [3.8, 4) is 0 Å². The third kappa shape index (κ3) is 3.85. The number of hydrogen-bond acceptors (Lipinski definition) is 2. The number of rotatable bonds is 4. The number of carbonyl (C=O) groups is 2. The van der Waals surface area contributed by atoms with Crippen LogP contribution in [0.15, 0.2) is 60.7 Å². The maximum absolute atomic E-state index is 14.2. The van der Waals surface area contributed by atoms with Gasteiger partial charge in [0.2, 0.25) is 11.8 Å². The summed E-state index contributed by atoms with van der Waals surface area (Å²) >= 11 is 0. The zero-order valence-electron chi connectivity index (χ0n) is 22.6. The van der Waals surface area contributed by atoms with Gasteiger partial charge in [-0.3, -0.25) is 9.59 Å². The summed E-state index contributed by atoms with van der Waals surface area (Å²) in [6, 6.07) is 21.1. The molecule has 1 saturated heterocycles. The summed E-state index contributed by atoms with van der Waals surface area (Å²) in [6.45, 7) is 7.02. The van der Waals surface area contributed by atoms with E-state index in [2.05, 4.69) is 79.9 Å². The molecular weight excluding hydrogens is 456 g/mol. The van der Waals surface area contributed by atoms with Gasteiger partial charge in [0.25, 0.3) is 0 Å². The van der Waals surface area contributed by atoms with Crippen molar-refractivity contribution in [3.63, 3.8) is 0 Å². The summed E-state index contributed by atoms with van der Waals surface area (Å²) in [6.07, 6.45) is 8.38. The molecule has 4 nitrogen and oxygen atoms in total. The molecule has 1 aliphatic heterocycles. The summed E-state index contributed by atoms with van der Waals surface area (Å²) in [5, 5.41) is 6.91. The quantitative estimate of drug-likeness (QED) is 0.527. The van der Waals surface area contributed by atoms with Gasteiger partial charge in [-0.15, -0.1) is 0 Å². The van der Waals surface area contributed by atoms with Crippen molar-refractivity contribution in [2.45, 2.75) is 83.7 Å². The molecule has 0 radical (unpaired) electrons. The average Bonchev–Trinajstić information content (AvgIpc) is 3.27. The lowest BCUT2D eigenvalue weighted by Crippen LogP contribution is -2.61. The molecular formula is C33H42N2O2. The van der Waals surface area contributed by atoms with Crippen molar-refractivity contribution in [1.29, 1.82) is 0 Å². The van der Waals surface area contributed by atoms with Crippen molar-refractivity contribution in [2.24, 2.45) is 34.5 Å². The van der Waals surface area contributed by atoms with Crippen LogP contribution in [0.25, 0.3) is 0 Å². The van der Waals surface area contributed by atoms with Gasteiger partial charge >= 0.3 is 0 Å². The second-order valence-corrected chi connectivity index (χ2v) is 13.1. The first-order chi connectivity index (χ1) is 17.8. The van der Waals surface area contributed by atoms with Crippen LogP contribution in [-0.4, -0.2) is 17.9 Å². The Morgan fingerprint density at radius 3 is 2.11 bits per heavy atom. The number of hydrogen-bond donors (Lipinski definition) is 2. The first-order valence-electron chi connectivity index (χ1n) is 14.5. The van der Waals surface area contributed by atoms with Gasteiger partial charge in [0.1, 0.15) is 0 Å². The van der Waals surface area contributed by atoms with Gasteiger partial charge < -0.3 is 10.6 Å². The number of carbonyl (C=O) groups excluding carboxylic acids is 2. The summed E-state index contributed by atoms with van der Waals surface area (Å²) < 4.78 is 0. The fourth-order valence-corrected chi connectivity index (χ4v) is 9.32. The molecule has 4 fully saturated rings. The Hall–Kier alpha value is -2.62. The van der Waals surface area contributed by atoms with Crippen LogP contribution < -0.4 is 10.6 Å². The topological polar surface area (TPSA) is 58.2 Å². The number of fused-ring (bicyclic) bond motifs is 5. The van der Waals surface area contributed by atoms with Crippen LogP contribution in [0.2, 0.25) is 0 Å². The molecule has 1 heterocycles. The van der Waals surface area contributed by atoms with Crippen molar-refractivity contribution in [2.75, 3.05) is 0 Å². The van der Waals surface area contributed by atoms with Gasteiger partial charge in [-0.2, -0.15) is 0 Å². The maximum Gasteiger partial charge on any atom is 0.224 e. The predicted octanol–water partition coefficient (Wildman–Crippen LogP) is 6.20. The zero-order valence-corrected chi connectivity index (χ0v) is 22.6. The van der Waals surface area contributed by atoms with Crippen LogP contribution in [0.4, 0.5) is 0 Å². The van der Waals surface area contributed by atoms with Crippen LogP contribution in [0.1, 0.15) is 83.3 Å². The molecule has 4 heteroatoms. The number of nitrogens with one attached hydrogen (secondary N) is 2. The van der Waals surface area contributed by atoms with Gasteiger partial charge in [0.05, 0.1) is 5.54 Å². The minimum Gasteiger partial charge on any atom is -0.353 e. The van der Waals surface area contributed by atoms with Gasteiger partial charge in [-0.1, -0.05) is 74.5 Å². The Kier molecular flexibility index (Phi) is 6.00. The van der Waals surface area contributed by atoms with E-state index in [0.717, 1.165) is 43.2 Å². The highest BCUT2D eigenvalue weighted by molar-refractivity contribution is 5.81. The molecule has 0 spiro atoms. The Balaban J connectivity index is 1.26. The van der Waals surface area contributed by atoms with Gasteiger partial charge in [-0.05, 0) is 91.6 Å². The van der Waals surface area contributed by atoms with Crippen molar-refractivity contribution in [1.82, 2.24) is 10.6 Å². The van der Waals surface area contributed by atoms with E-state index in [1.165, 1.54) is 12.8 Å². The second-order valence-electron chi connectivity index (χ2n) is 13.1. The number of piperidine rings is 1. The van der Waals surface area contributed by atoms with E-state index in [0.29, 0.717) is 30.2 Å². The third-order valence-corrected chi connectivity index (χ3v) is 11.5. The molecule has 4 aliphatic rings. The molecule has 2 aromatic carbocycles. The first-order valence-corrected chi connectivity index (χ1v) is 14.5. The minimum absolute atomic E-state index is 0.0423. The molecule has 3 saturated carbocycles. The van der Waals surface area contributed by atoms with E-state index in [4.69, 9.17) is 0 Å². The molecule has 0 bridgehead atoms. The summed E-state index contributed by atoms with van der Waals surface area (Å²) in [7, 11) is 0. The van der Waals surface area contributed by atoms with Gasteiger partial charge in [-0.25, -0.2) is 0 Å². The monoisotopic (exact) mass is 498 g/mol. The van der Waals surface area contributed by atoms with Gasteiger partial charge in [0.15, 0.2) is 0 Å². The van der Waals surface area contributed by atoms with E-state index in [-0.39, 0.29) is 28.6 Å². The van der Waals surface area contributed by atoms with Crippen molar-refractivity contribution >= 4 is 11.8 Å². The lowest BCUT2D eigenvalue weighted by molar-refractivity contribution is -0.142. The molecule has 2 N–H and O–H groups in total. The van der Waals surface area contributed by atoms with Crippen molar-refractivity contribution < 1.29 is 9.59 Å². The maximum atomic E-state index is 14.2. The molecule has 0 aromatic heterocycles. The molecule has 37 heavy (non-hydrogen) atoms. The Labute approximate surface area is 222 Å². The van der Waals surface area contributed by atoms with Crippen LogP contribution in [-0.2, 0) is 15.1 Å². The second kappa shape index (κ2) is 8.99. The van der Waals surface area contributed by atoms with Gasteiger partial charge in [0, 0.05) is 18.4 Å². The Morgan fingerprint density at radius 2 is 1.46 bits per heavy atom. The Morgan fingerprint density at radius 1 is 0.838 bits per heavy atom. The zero-order chi connectivity index (χ0) is 25.8. The van der Waals surface area contributed by atoms with Crippen LogP contribution in [0.3, 0.4) is 0 Å². The highest BCUT2D eigenvalue weighted by atomic mass is 16.2. The lowest BCUT2D eigenvalue weighted by Gasteiger charge is -2.60. The minimum atomic E-state index is -0.572. The highest BCUT2D eigenvalue weighted by Gasteiger charge is 2.61. The van der Waals surface area contributed by atoms with Crippen LogP contribution in [0.5, 0.6) is 0 Å². The molecule has 6 rings (SSSR count). The predicted molar refractivity (Wildman–Crippen MR) is 147 cm³/mol. The fraction of sp³-hybridized carbons (Fsp3) is 0.576. The SMILES string of the molecule is CC(NC(=O)[C@H]1CC[C@H]2[C@@H]3CC[C@H]4NC(=O)CC[C@]4(C)[C@H]3CC[C@]12C)(c1ccccc1)c1ccccc1. The summed E-state index contributed by atoms with van der Waals surface area (Å²) in [5.41, 5.74) is 1.90. The smallest absolute Gasteiger partial charge is 0.224 e. The third-order valence-electron chi connectivity index (χ3n) is 11.5. The molecule has 196 valence electrons. The Bertz CT molecular complexity index is 1120. The molecule has 7 atom stereocenters. The van der Waals surface area contributed by atoms with E-state index in [1.807, 2.05) is 12.1 Å². The normalized spacial score (nSPS) is 37.1. The van der Waals surface area contributed by atoms with E-state index >= 15 is 0 Å². The standard InChI is InChI=1S/C33H42N2O2/c1-31-20-18-26-24(14-17-28-32(26,2)21-19-29(36)34-28)25(31)15-16-27(31)30(37)35-33(3,22-10-6-4-7-11-22)23-12-8-5-9-13-23/h4-13,24-28H,14-21H2,1-3H3,(H,34,36)(H,35,37)/t24-,25-,26-,27+,28+,31-,32+/m0/s1. The van der Waals surface area contributed by atoms with E-state index < -0.39 is 5.54 Å². The van der Waals surface area contributed by atoms with E-state index in [1.54, 1.807) is 0 Å². The average molecular weight is 499 g/mol. The highest BCUT2D eigenvalue weighted by Crippen LogP contribution is 2.65. The lowest BCUT2D eigenvalue weighted by atomic mass is 9.47. The molecule has 3 aliphatic carbocycles. The fourth-order valence-electron chi connectivity index (χ4n) is 9.32. The summed E-state index contributed by atoms with van der Waals surface area (Å²) in [4.78, 5) is 26.3. The molecule has 2 aromatic rings.